The highest BCUT2D eigenvalue weighted by atomic mass is 127. The van der Waals surface area contributed by atoms with Crippen LogP contribution < -0.4 is 0 Å². The summed E-state index contributed by atoms with van der Waals surface area (Å²) in [6.45, 7) is 2.11. The van der Waals surface area contributed by atoms with Crippen LogP contribution in [0.3, 0.4) is 0 Å². The minimum Gasteiger partial charge on any atom is -0.143 e. The van der Waals surface area contributed by atoms with E-state index in [-0.39, 0.29) is 0 Å². The van der Waals surface area contributed by atoms with Gasteiger partial charge in [-0.1, -0.05) is 35.5 Å². The summed E-state index contributed by atoms with van der Waals surface area (Å²) in [4.78, 5) is 2.62. The van der Waals surface area contributed by atoms with E-state index in [1.165, 1.54) is 18.9 Å². The molecule has 82 valence electrons. The van der Waals surface area contributed by atoms with Gasteiger partial charge in [0.05, 0.1) is 0 Å². The lowest BCUT2D eigenvalue weighted by atomic mass is 10.2. The van der Waals surface area contributed by atoms with Crippen LogP contribution in [-0.2, 0) is 0 Å². The fourth-order valence-electron chi connectivity index (χ4n) is 1.21. The Labute approximate surface area is 118 Å². The fraction of sp³-hybridized carbons (Fsp3) is 0.0769. The van der Waals surface area contributed by atoms with Crippen molar-refractivity contribution >= 4 is 49.3 Å². The van der Waals surface area contributed by atoms with Crippen molar-refractivity contribution in [1.29, 1.82) is 0 Å². The SMILES string of the molecule is Cc1ccc(S/C=C(/I)c2cccs2)cc1. The minimum absolute atomic E-state index is 1.29. The Morgan fingerprint density at radius 3 is 2.62 bits per heavy atom. The molecule has 1 heterocycles. The molecule has 0 atom stereocenters. The first-order valence-electron chi connectivity index (χ1n) is 4.88. The molecule has 0 aliphatic heterocycles. The van der Waals surface area contributed by atoms with Crippen molar-refractivity contribution < 1.29 is 0 Å². The number of thioether (sulfide) groups is 1. The van der Waals surface area contributed by atoms with Crippen molar-refractivity contribution in [2.45, 2.75) is 11.8 Å². The second kappa shape index (κ2) is 5.89. The molecular formula is C13H11IS2. The highest BCUT2D eigenvalue weighted by Gasteiger charge is 1.98. The van der Waals surface area contributed by atoms with Gasteiger partial charge in [0.1, 0.15) is 0 Å². The third-order valence-corrected chi connectivity index (χ3v) is 5.56. The molecule has 0 aliphatic rings. The van der Waals surface area contributed by atoms with Crippen molar-refractivity contribution in [2.75, 3.05) is 0 Å². The summed E-state index contributed by atoms with van der Waals surface area (Å²) < 4.78 is 1.30. The van der Waals surface area contributed by atoms with Crippen LogP contribution in [0, 0.1) is 6.92 Å². The van der Waals surface area contributed by atoms with E-state index in [0.29, 0.717) is 0 Å². The summed E-state index contributed by atoms with van der Waals surface area (Å²) in [5.74, 6) is 0. The maximum Gasteiger partial charge on any atom is 0.0409 e. The maximum atomic E-state index is 2.39. The van der Waals surface area contributed by atoms with Crippen LogP contribution in [-0.4, -0.2) is 0 Å². The summed E-state index contributed by atoms with van der Waals surface area (Å²) in [5.41, 5.74) is 1.31. The average molecular weight is 358 g/mol. The van der Waals surface area contributed by atoms with E-state index in [9.17, 15) is 0 Å². The highest BCUT2D eigenvalue weighted by Crippen LogP contribution is 2.31. The van der Waals surface area contributed by atoms with Crippen molar-refractivity contribution in [1.82, 2.24) is 0 Å². The molecule has 0 radical (unpaired) electrons. The van der Waals surface area contributed by atoms with Gasteiger partial charge in [0.15, 0.2) is 0 Å². The molecule has 0 saturated heterocycles. The van der Waals surface area contributed by atoms with Gasteiger partial charge in [-0.15, -0.1) is 11.3 Å². The largest absolute Gasteiger partial charge is 0.143 e. The molecule has 0 N–H and O–H groups in total. The van der Waals surface area contributed by atoms with Crippen molar-refractivity contribution in [2.24, 2.45) is 0 Å². The van der Waals surface area contributed by atoms with E-state index in [1.807, 2.05) is 0 Å². The molecule has 0 bridgehead atoms. The van der Waals surface area contributed by atoms with Gasteiger partial charge in [0.25, 0.3) is 0 Å². The molecule has 1 aromatic carbocycles. The Morgan fingerprint density at radius 2 is 2.00 bits per heavy atom. The van der Waals surface area contributed by atoms with Gasteiger partial charge in [0, 0.05) is 13.4 Å². The van der Waals surface area contributed by atoms with Crippen LogP contribution in [0.4, 0.5) is 0 Å². The Morgan fingerprint density at radius 1 is 1.25 bits per heavy atom. The van der Waals surface area contributed by atoms with E-state index in [2.05, 4.69) is 76.7 Å². The summed E-state index contributed by atoms with van der Waals surface area (Å²) in [6, 6.07) is 12.9. The Kier molecular flexibility index (Phi) is 4.49. The first-order chi connectivity index (χ1) is 7.75. The van der Waals surface area contributed by atoms with Gasteiger partial charge in [-0.2, -0.15) is 0 Å². The summed E-state index contributed by atoms with van der Waals surface area (Å²) in [5, 5.41) is 4.31. The third kappa shape index (κ3) is 3.37. The van der Waals surface area contributed by atoms with Crippen molar-refractivity contribution in [3.63, 3.8) is 0 Å². The molecule has 2 rings (SSSR count). The normalized spacial score (nSPS) is 11.8. The fourth-order valence-corrected chi connectivity index (χ4v) is 3.52. The Balaban J connectivity index is 2.06. The van der Waals surface area contributed by atoms with Crippen molar-refractivity contribution in [3.05, 3.63) is 57.6 Å². The molecular weight excluding hydrogens is 347 g/mol. The molecule has 0 saturated carbocycles. The van der Waals surface area contributed by atoms with E-state index >= 15 is 0 Å². The standard InChI is InChI=1S/C13H11IS2/c1-10-4-6-11(7-5-10)16-9-12(14)13-3-2-8-15-13/h2-9H,1H3/b12-9+. The summed E-state index contributed by atoms with van der Waals surface area (Å²) >= 11 is 5.94. The maximum absolute atomic E-state index is 2.39. The number of benzene rings is 1. The summed E-state index contributed by atoms with van der Waals surface area (Å²) in [6.07, 6.45) is 0. The zero-order chi connectivity index (χ0) is 11.4. The minimum atomic E-state index is 1.29. The molecule has 2 aromatic rings. The van der Waals surface area contributed by atoms with Crippen LogP contribution in [0.2, 0.25) is 0 Å². The highest BCUT2D eigenvalue weighted by molar-refractivity contribution is 14.1. The molecule has 0 nitrogen and oxygen atoms in total. The van der Waals surface area contributed by atoms with Gasteiger partial charge in [-0.3, -0.25) is 0 Å². The Hall–Kier alpha value is -0.260. The molecule has 0 unspecified atom stereocenters. The molecule has 0 fully saturated rings. The number of thiophene rings is 1. The molecule has 3 heteroatoms. The van der Waals surface area contributed by atoms with Gasteiger partial charge in [-0.25, -0.2) is 0 Å². The predicted octanol–water partition coefficient (Wildman–Crippen LogP) is 5.58. The molecule has 1 aromatic heterocycles. The lowest BCUT2D eigenvalue weighted by Gasteiger charge is -1.98. The number of aryl methyl sites for hydroxylation is 1. The second-order valence-electron chi connectivity index (χ2n) is 3.37. The van der Waals surface area contributed by atoms with Crippen LogP contribution in [0.5, 0.6) is 0 Å². The number of hydrogen-bond donors (Lipinski definition) is 0. The predicted molar refractivity (Wildman–Crippen MR) is 83.4 cm³/mol. The average Bonchev–Trinajstić information content (AvgIpc) is 2.81. The monoisotopic (exact) mass is 358 g/mol. The van der Waals surface area contributed by atoms with Crippen LogP contribution >= 0.6 is 45.7 Å². The first kappa shape index (κ1) is 12.2. The van der Waals surface area contributed by atoms with E-state index in [4.69, 9.17) is 0 Å². The number of halogens is 1. The molecule has 0 aliphatic carbocycles. The molecule has 0 amide bonds. The number of hydrogen-bond acceptors (Lipinski definition) is 2. The van der Waals surface area contributed by atoms with Gasteiger partial charge < -0.3 is 0 Å². The van der Waals surface area contributed by atoms with Crippen molar-refractivity contribution in [3.8, 4) is 0 Å². The summed E-state index contributed by atoms with van der Waals surface area (Å²) in [7, 11) is 0. The topological polar surface area (TPSA) is 0 Å². The zero-order valence-corrected chi connectivity index (χ0v) is 12.6. The van der Waals surface area contributed by atoms with E-state index < -0.39 is 0 Å². The molecule has 16 heavy (non-hydrogen) atoms. The first-order valence-corrected chi connectivity index (χ1v) is 7.72. The van der Waals surface area contributed by atoms with Crippen LogP contribution in [0.1, 0.15) is 10.4 Å². The smallest absolute Gasteiger partial charge is 0.0409 e. The zero-order valence-electron chi connectivity index (χ0n) is 8.81. The lowest BCUT2D eigenvalue weighted by molar-refractivity contribution is 1.38. The second-order valence-corrected chi connectivity index (χ2v) is 6.43. The van der Waals surface area contributed by atoms with Gasteiger partial charge in [0.2, 0.25) is 0 Å². The van der Waals surface area contributed by atoms with Gasteiger partial charge in [-0.05, 0) is 58.5 Å². The lowest BCUT2D eigenvalue weighted by Crippen LogP contribution is -1.71. The van der Waals surface area contributed by atoms with Crippen LogP contribution in [0.25, 0.3) is 3.58 Å². The van der Waals surface area contributed by atoms with E-state index in [1.54, 1.807) is 23.1 Å². The quantitative estimate of drug-likeness (QED) is 0.510. The molecule has 0 spiro atoms. The third-order valence-electron chi connectivity index (χ3n) is 2.08. The Bertz CT molecular complexity index is 469. The van der Waals surface area contributed by atoms with E-state index in [0.717, 1.165) is 0 Å². The number of rotatable bonds is 3. The van der Waals surface area contributed by atoms with Crippen LogP contribution in [0.15, 0.2) is 52.1 Å². The van der Waals surface area contributed by atoms with Gasteiger partial charge >= 0.3 is 0 Å².